The molecule has 2 N–H and O–H groups in total. The number of unbranched alkanes of at least 4 members (excludes halogenated alkanes) is 2. The molecule has 0 unspecified atom stereocenters. The van der Waals surface area contributed by atoms with Crippen molar-refractivity contribution in [2.24, 2.45) is 10.7 Å². The first kappa shape index (κ1) is 17.2. The lowest BCUT2D eigenvalue weighted by molar-refractivity contribution is 0.644. The van der Waals surface area contributed by atoms with Gasteiger partial charge in [0.2, 0.25) is 0 Å². The Kier molecular flexibility index (Phi) is 5.83. The quantitative estimate of drug-likeness (QED) is 0.382. The highest BCUT2D eigenvalue weighted by Crippen LogP contribution is 2.19. The van der Waals surface area contributed by atoms with Crippen LogP contribution in [0.4, 0.5) is 0 Å². The molecule has 0 aliphatic carbocycles. The molecule has 25 heavy (non-hydrogen) atoms. The average Bonchev–Trinajstić information content (AvgIpc) is 2.96. The Morgan fingerprint density at radius 3 is 2.56 bits per heavy atom. The lowest BCUT2D eigenvalue weighted by Gasteiger charge is -2.09. The predicted octanol–water partition coefficient (Wildman–Crippen LogP) is 4.17. The number of nitrogens with zero attached hydrogens (tertiary/aromatic N) is 3. The summed E-state index contributed by atoms with van der Waals surface area (Å²) >= 11 is 0. The lowest BCUT2D eigenvalue weighted by Crippen LogP contribution is -2.06. The maximum atomic E-state index is 5.57. The molecule has 0 saturated heterocycles. The van der Waals surface area contributed by atoms with Crippen LogP contribution in [0.15, 0.2) is 59.6 Å². The zero-order valence-electron chi connectivity index (χ0n) is 14.9. The molecule has 0 bridgehead atoms. The Morgan fingerprint density at radius 1 is 1.00 bits per heavy atom. The first-order chi connectivity index (χ1) is 12.2. The second kappa shape index (κ2) is 8.47. The molecule has 0 aliphatic heterocycles. The highest BCUT2D eigenvalue weighted by molar-refractivity contribution is 5.77. The summed E-state index contributed by atoms with van der Waals surface area (Å²) in [6.45, 7) is 3.53. The number of imidazole rings is 1. The number of aliphatic imine (C=N–C) groups is 1. The number of amidine groups is 1. The largest absolute Gasteiger partial charge is 0.388 e. The van der Waals surface area contributed by atoms with E-state index in [1.54, 1.807) is 0 Å². The summed E-state index contributed by atoms with van der Waals surface area (Å²) < 4.78 is 2.35. The minimum Gasteiger partial charge on any atom is -0.388 e. The molecular weight excluding hydrogens is 308 g/mol. The molecular formula is C21H26N4. The zero-order chi connectivity index (χ0) is 17.5. The molecule has 2 aromatic carbocycles. The molecule has 4 nitrogen and oxygen atoms in total. The van der Waals surface area contributed by atoms with E-state index in [0.717, 1.165) is 44.3 Å². The van der Waals surface area contributed by atoms with E-state index < -0.39 is 0 Å². The van der Waals surface area contributed by atoms with Crippen molar-refractivity contribution in [1.29, 1.82) is 0 Å². The third-order valence-corrected chi connectivity index (χ3v) is 4.34. The molecule has 0 atom stereocenters. The van der Waals surface area contributed by atoms with E-state index in [2.05, 4.69) is 64.2 Å². The minimum absolute atomic E-state index is 0.671. The van der Waals surface area contributed by atoms with Crippen LogP contribution in [0.1, 0.15) is 37.6 Å². The number of aromatic nitrogens is 2. The summed E-state index contributed by atoms with van der Waals surface area (Å²) in [7, 11) is 0. The van der Waals surface area contributed by atoms with E-state index in [0.29, 0.717) is 5.84 Å². The topological polar surface area (TPSA) is 56.2 Å². The monoisotopic (exact) mass is 334 g/mol. The van der Waals surface area contributed by atoms with Gasteiger partial charge in [0.15, 0.2) is 0 Å². The highest BCUT2D eigenvalue weighted by Gasteiger charge is 2.10. The Morgan fingerprint density at radius 2 is 1.76 bits per heavy atom. The first-order valence-corrected chi connectivity index (χ1v) is 8.98. The fourth-order valence-corrected chi connectivity index (χ4v) is 3.09. The smallest absolute Gasteiger partial charge is 0.110 e. The van der Waals surface area contributed by atoms with Gasteiger partial charge in [-0.25, -0.2) is 4.98 Å². The van der Waals surface area contributed by atoms with E-state index in [4.69, 9.17) is 10.7 Å². The van der Waals surface area contributed by atoms with Gasteiger partial charge in [0.05, 0.1) is 16.9 Å². The van der Waals surface area contributed by atoms with Gasteiger partial charge in [-0.3, -0.25) is 4.99 Å². The molecule has 3 aromatic rings. The van der Waals surface area contributed by atoms with Crippen LogP contribution >= 0.6 is 0 Å². The van der Waals surface area contributed by atoms with Crippen LogP contribution in [-0.2, 0) is 13.0 Å². The fraction of sp³-hybridized carbons (Fsp3) is 0.333. The molecule has 0 spiro atoms. The standard InChI is InChI=1S/C21H26N4/c1-17(22)23-15-9-3-6-14-21-24-19-12-7-8-13-20(19)25(21)16-18-10-4-2-5-11-18/h2,4-5,7-8,10-13H,3,6,9,14-16H2,1H3,(H2,22,23). The van der Waals surface area contributed by atoms with Gasteiger partial charge < -0.3 is 10.3 Å². The summed E-state index contributed by atoms with van der Waals surface area (Å²) in [6.07, 6.45) is 4.34. The van der Waals surface area contributed by atoms with Crippen LogP contribution in [0, 0.1) is 0 Å². The van der Waals surface area contributed by atoms with E-state index in [9.17, 15) is 0 Å². The van der Waals surface area contributed by atoms with Crippen LogP contribution in [0.5, 0.6) is 0 Å². The number of para-hydroxylation sites is 2. The Bertz CT molecular complexity index is 829. The van der Waals surface area contributed by atoms with Crippen molar-refractivity contribution in [1.82, 2.24) is 9.55 Å². The van der Waals surface area contributed by atoms with E-state index >= 15 is 0 Å². The van der Waals surface area contributed by atoms with Crippen LogP contribution in [0.2, 0.25) is 0 Å². The minimum atomic E-state index is 0.671. The molecule has 0 aliphatic rings. The maximum Gasteiger partial charge on any atom is 0.110 e. The van der Waals surface area contributed by atoms with Crippen molar-refractivity contribution in [2.75, 3.05) is 6.54 Å². The fourth-order valence-electron chi connectivity index (χ4n) is 3.09. The van der Waals surface area contributed by atoms with Gasteiger partial charge in [-0.05, 0) is 37.5 Å². The highest BCUT2D eigenvalue weighted by atomic mass is 15.1. The van der Waals surface area contributed by atoms with Crippen molar-refractivity contribution in [3.63, 3.8) is 0 Å². The molecule has 0 radical (unpaired) electrons. The number of hydrogen-bond donors (Lipinski definition) is 1. The number of hydrogen-bond acceptors (Lipinski definition) is 2. The molecule has 0 amide bonds. The molecule has 0 saturated carbocycles. The summed E-state index contributed by atoms with van der Waals surface area (Å²) in [5.41, 5.74) is 9.17. The van der Waals surface area contributed by atoms with Crippen LogP contribution in [0.3, 0.4) is 0 Å². The third-order valence-electron chi connectivity index (χ3n) is 4.34. The van der Waals surface area contributed by atoms with Gasteiger partial charge >= 0.3 is 0 Å². The van der Waals surface area contributed by atoms with Crippen molar-refractivity contribution < 1.29 is 0 Å². The van der Waals surface area contributed by atoms with Gasteiger partial charge in [-0.2, -0.15) is 0 Å². The van der Waals surface area contributed by atoms with Crippen molar-refractivity contribution in [2.45, 2.75) is 39.2 Å². The van der Waals surface area contributed by atoms with Crippen LogP contribution < -0.4 is 5.73 Å². The SMILES string of the molecule is CC(N)=NCCCCCc1nc2ccccc2n1Cc1ccccc1. The number of aryl methyl sites for hydroxylation is 1. The normalized spacial score (nSPS) is 12.0. The Labute approximate surface area is 149 Å². The summed E-state index contributed by atoms with van der Waals surface area (Å²) in [5.74, 6) is 1.84. The van der Waals surface area contributed by atoms with Gasteiger partial charge in [0, 0.05) is 19.5 Å². The van der Waals surface area contributed by atoms with Crippen molar-refractivity contribution in [3.05, 3.63) is 66.0 Å². The number of nitrogens with two attached hydrogens (primary N) is 1. The number of fused-ring (bicyclic) bond motifs is 1. The maximum absolute atomic E-state index is 5.57. The van der Waals surface area contributed by atoms with Crippen molar-refractivity contribution in [3.8, 4) is 0 Å². The first-order valence-electron chi connectivity index (χ1n) is 8.98. The van der Waals surface area contributed by atoms with Crippen LogP contribution in [-0.4, -0.2) is 21.9 Å². The predicted molar refractivity (Wildman–Crippen MR) is 105 cm³/mol. The van der Waals surface area contributed by atoms with Gasteiger partial charge in [-0.1, -0.05) is 48.9 Å². The second-order valence-electron chi connectivity index (χ2n) is 6.42. The molecule has 1 aromatic heterocycles. The summed E-state index contributed by atoms with van der Waals surface area (Å²) in [6, 6.07) is 19.0. The number of benzene rings is 2. The molecule has 0 fully saturated rings. The van der Waals surface area contributed by atoms with Gasteiger partial charge in [0.1, 0.15) is 5.82 Å². The molecule has 4 heteroatoms. The summed E-state index contributed by atoms with van der Waals surface area (Å²) in [4.78, 5) is 9.12. The summed E-state index contributed by atoms with van der Waals surface area (Å²) in [5, 5.41) is 0. The molecule has 1 heterocycles. The van der Waals surface area contributed by atoms with Gasteiger partial charge in [-0.15, -0.1) is 0 Å². The molecule has 130 valence electrons. The van der Waals surface area contributed by atoms with E-state index in [1.807, 2.05) is 6.92 Å². The third kappa shape index (κ3) is 4.69. The number of rotatable bonds is 8. The average molecular weight is 334 g/mol. The Hall–Kier alpha value is -2.62. The van der Waals surface area contributed by atoms with Crippen molar-refractivity contribution >= 4 is 16.9 Å². The zero-order valence-corrected chi connectivity index (χ0v) is 14.9. The second-order valence-corrected chi connectivity index (χ2v) is 6.42. The van der Waals surface area contributed by atoms with Crippen LogP contribution in [0.25, 0.3) is 11.0 Å². The molecule has 3 rings (SSSR count). The Balaban J connectivity index is 1.71. The van der Waals surface area contributed by atoms with E-state index in [-0.39, 0.29) is 0 Å². The van der Waals surface area contributed by atoms with E-state index in [1.165, 1.54) is 16.9 Å². The van der Waals surface area contributed by atoms with Gasteiger partial charge in [0.25, 0.3) is 0 Å². The lowest BCUT2D eigenvalue weighted by atomic mass is 10.1.